The average Bonchev–Trinajstić information content (AvgIpc) is 3.41. The number of amides is 1. The fourth-order valence-corrected chi connectivity index (χ4v) is 3.51. The molecule has 0 saturated carbocycles. The fraction of sp³-hybridized carbons (Fsp3) is 0. The first-order valence-electron chi connectivity index (χ1n) is 8.30. The summed E-state index contributed by atoms with van der Waals surface area (Å²) in [6, 6.07) is 7.75. The van der Waals surface area contributed by atoms with Crippen molar-refractivity contribution >= 4 is 50.5 Å². The second-order valence-corrected chi connectivity index (χ2v) is 7.50. The van der Waals surface area contributed by atoms with Gasteiger partial charge in [0.15, 0.2) is 11.5 Å². The summed E-state index contributed by atoms with van der Waals surface area (Å²) in [6.45, 7) is 0. The zero-order valence-corrected chi connectivity index (χ0v) is 17.3. The van der Waals surface area contributed by atoms with E-state index in [1.165, 1.54) is 29.5 Å². The number of nitrogens with zero attached hydrogens (tertiary/aromatic N) is 5. The van der Waals surface area contributed by atoms with E-state index in [0.29, 0.717) is 10.7 Å². The van der Waals surface area contributed by atoms with Crippen LogP contribution in [-0.4, -0.2) is 32.0 Å². The number of anilines is 1. The van der Waals surface area contributed by atoms with E-state index in [1.807, 2.05) is 6.07 Å². The van der Waals surface area contributed by atoms with Gasteiger partial charge >= 0.3 is 0 Å². The predicted molar refractivity (Wildman–Crippen MR) is 112 cm³/mol. The van der Waals surface area contributed by atoms with Crippen LogP contribution in [0.4, 0.5) is 15.9 Å². The number of halogens is 2. The summed E-state index contributed by atoms with van der Waals surface area (Å²) in [5.74, 6) is -1.04. The molecule has 1 amide bonds. The van der Waals surface area contributed by atoms with Gasteiger partial charge in [0.1, 0.15) is 16.5 Å². The van der Waals surface area contributed by atoms with Crippen molar-refractivity contribution in [3.63, 3.8) is 0 Å². The molecule has 0 bridgehead atoms. The Labute approximate surface area is 181 Å². The lowest BCUT2D eigenvalue weighted by molar-refractivity contribution is 0.102. The highest BCUT2D eigenvalue weighted by Gasteiger charge is 2.19. The number of thiazole rings is 1. The van der Waals surface area contributed by atoms with Gasteiger partial charge in [0.2, 0.25) is 5.82 Å². The van der Waals surface area contributed by atoms with E-state index in [0.717, 1.165) is 5.56 Å². The number of nitrogens with two attached hydrogens (primary N) is 1. The molecule has 0 aliphatic carbocycles. The van der Waals surface area contributed by atoms with Gasteiger partial charge < -0.3 is 11.1 Å². The van der Waals surface area contributed by atoms with Crippen LogP contribution in [-0.2, 0) is 0 Å². The molecule has 3 aromatic heterocycles. The van der Waals surface area contributed by atoms with Gasteiger partial charge in [-0.3, -0.25) is 9.78 Å². The molecule has 30 heavy (non-hydrogen) atoms. The number of aliphatic imine (C=N–C) groups is 1. The van der Waals surface area contributed by atoms with Crippen molar-refractivity contribution in [1.29, 1.82) is 0 Å². The molecule has 0 unspecified atom stereocenters. The van der Waals surface area contributed by atoms with Crippen LogP contribution in [0.1, 0.15) is 16.2 Å². The van der Waals surface area contributed by atoms with E-state index >= 15 is 0 Å². The van der Waals surface area contributed by atoms with E-state index in [1.54, 1.807) is 23.8 Å². The third kappa shape index (κ3) is 4.23. The zero-order chi connectivity index (χ0) is 21.1. The number of hydrogen-bond donors (Lipinski definition) is 2. The van der Waals surface area contributed by atoms with Crippen LogP contribution in [0.2, 0.25) is 0 Å². The van der Waals surface area contributed by atoms with Gasteiger partial charge in [-0.2, -0.15) is 0 Å². The Morgan fingerprint density at radius 2 is 2.17 bits per heavy atom. The van der Waals surface area contributed by atoms with Gasteiger partial charge in [-0.15, -0.1) is 11.3 Å². The minimum atomic E-state index is -0.518. The molecule has 0 aliphatic rings. The van der Waals surface area contributed by atoms with Gasteiger partial charge in [0.05, 0.1) is 10.2 Å². The van der Waals surface area contributed by atoms with Crippen LogP contribution < -0.4 is 11.1 Å². The quantitative estimate of drug-likeness (QED) is 0.323. The molecule has 12 heteroatoms. The number of amidine groups is 1. The number of rotatable bonds is 5. The number of benzene rings is 1. The molecule has 4 rings (SSSR count). The van der Waals surface area contributed by atoms with Crippen molar-refractivity contribution in [2.75, 3.05) is 5.32 Å². The normalized spacial score (nSPS) is 11.5. The Balaban J connectivity index is 1.53. The highest BCUT2D eigenvalue weighted by molar-refractivity contribution is 9.10. The molecule has 0 saturated heterocycles. The van der Waals surface area contributed by atoms with Gasteiger partial charge in [0.25, 0.3) is 5.91 Å². The highest BCUT2D eigenvalue weighted by atomic mass is 79.9. The third-order valence-corrected chi connectivity index (χ3v) is 5.26. The standard InChI is InChI=1S/C18H11BrFN7O2S/c19-11-6-10(3-4-12(11)20)23-15(21)14-16(27-29-26-14)25-17(28)13-8-30-18(24-13)9-2-1-5-22-7-9/h1-8H,(H2,21,23)(H,25,27,28). The topological polar surface area (TPSA) is 132 Å². The summed E-state index contributed by atoms with van der Waals surface area (Å²) in [5.41, 5.74) is 7.36. The second-order valence-electron chi connectivity index (χ2n) is 5.79. The lowest BCUT2D eigenvalue weighted by atomic mass is 10.3. The van der Waals surface area contributed by atoms with Gasteiger partial charge in [0, 0.05) is 23.3 Å². The summed E-state index contributed by atoms with van der Waals surface area (Å²) >= 11 is 4.38. The molecular formula is C18H11BrFN7O2S. The molecule has 3 heterocycles. The molecular weight excluding hydrogens is 477 g/mol. The van der Waals surface area contributed by atoms with E-state index < -0.39 is 11.7 Å². The Morgan fingerprint density at radius 3 is 2.93 bits per heavy atom. The largest absolute Gasteiger partial charge is 0.382 e. The van der Waals surface area contributed by atoms with Crippen LogP contribution in [0.15, 0.2) is 62.2 Å². The van der Waals surface area contributed by atoms with Gasteiger partial charge in [-0.1, -0.05) is 0 Å². The van der Waals surface area contributed by atoms with Crippen molar-refractivity contribution in [2.24, 2.45) is 10.7 Å². The molecule has 0 spiro atoms. The highest BCUT2D eigenvalue weighted by Crippen LogP contribution is 2.24. The number of carbonyl (C=O) groups is 1. The second kappa shape index (κ2) is 8.47. The van der Waals surface area contributed by atoms with Crippen LogP contribution >= 0.6 is 27.3 Å². The first-order chi connectivity index (χ1) is 14.5. The smallest absolute Gasteiger partial charge is 0.276 e. The van der Waals surface area contributed by atoms with Crippen molar-refractivity contribution in [3.8, 4) is 10.6 Å². The third-order valence-electron chi connectivity index (χ3n) is 3.76. The van der Waals surface area contributed by atoms with Crippen molar-refractivity contribution < 1.29 is 13.8 Å². The molecule has 150 valence electrons. The Bertz CT molecular complexity index is 1240. The molecule has 3 N–H and O–H groups in total. The number of pyridine rings is 1. The fourth-order valence-electron chi connectivity index (χ4n) is 2.36. The van der Waals surface area contributed by atoms with Crippen molar-refractivity contribution in [2.45, 2.75) is 0 Å². The van der Waals surface area contributed by atoms with E-state index in [2.05, 4.69) is 51.1 Å². The maximum absolute atomic E-state index is 13.4. The number of aromatic nitrogens is 4. The molecule has 1 aromatic carbocycles. The van der Waals surface area contributed by atoms with Crippen LogP contribution in [0.5, 0.6) is 0 Å². The van der Waals surface area contributed by atoms with Crippen LogP contribution in [0.25, 0.3) is 10.6 Å². The number of carbonyl (C=O) groups excluding carboxylic acids is 1. The summed E-state index contributed by atoms with van der Waals surface area (Å²) in [6.07, 6.45) is 3.31. The maximum atomic E-state index is 13.4. The molecule has 4 aromatic rings. The first kappa shape index (κ1) is 19.8. The van der Waals surface area contributed by atoms with Crippen LogP contribution in [0, 0.1) is 5.82 Å². The van der Waals surface area contributed by atoms with Crippen molar-refractivity contribution in [1.82, 2.24) is 20.3 Å². The zero-order valence-electron chi connectivity index (χ0n) is 14.9. The first-order valence-corrected chi connectivity index (χ1v) is 9.98. The molecule has 0 fully saturated rings. The SMILES string of the molecule is NC(=Nc1ccc(F)c(Br)c1)c1nonc1NC(=O)c1csc(-c2cccnc2)n1. The lowest BCUT2D eigenvalue weighted by Gasteiger charge is -2.02. The van der Waals surface area contributed by atoms with Crippen LogP contribution in [0.3, 0.4) is 0 Å². The Kier molecular flexibility index (Phi) is 5.59. The molecule has 9 nitrogen and oxygen atoms in total. The summed E-state index contributed by atoms with van der Waals surface area (Å²) in [7, 11) is 0. The maximum Gasteiger partial charge on any atom is 0.276 e. The van der Waals surface area contributed by atoms with E-state index in [9.17, 15) is 9.18 Å². The monoisotopic (exact) mass is 487 g/mol. The number of hydrogen-bond acceptors (Lipinski definition) is 8. The average molecular weight is 488 g/mol. The Hall–Kier alpha value is -3.51. The van der Waals surface area contributed by atoms with E-state index in [4.69, 9.17) is 5.73 Å². The van der Waals surface area contributed by atoms with Gasteiger partial charge in [-0.25, -0.2) is 19.0 Å². The van der Waals surface area contributed by atoms with Gasteiger partial charge in [-0.05, 0) is 56.6 Å². The summed E-state index contributed by atoms with van der Waals surface area (Å²) in [5, 5.41) is 12.2. The molecule has 0 radical (unpaired) electrons. The predicted octanol–water partition coefficient (Wildman–Crippen LogP) is 3.78. The minimum Gasteiger partial charge on any atom is -0.382 e. The van der Waals surface area contributed by atoms with E-state index in [-0.39, 0.29) is 27.5 Å². The molecule has 0 atom stereocenters. The summed E-state index contributed by atoms with van der Waals surface area (Å²) in [4.78, 5) is 25.0. The van der Waals surface area contributed by atoms with Crippen molar-refractivity contribution in [3.05, 3.63) is 69.8 Å². The number of nitrogens with one attached hydrogen (secondary N) is 1. The lowest BCUT2D eigenvalue weighted by Crippen LogP contribution is -2.19. The summed E-state index contributed by atoms with van der Waals surface area (Å²) < 4.78 is 18.3. The Morgan fingerprint density at radius 1 is 1.30 bits per heavy atom. The molecule has 0 aliphatic heterocycles. The minimum absolute atomic E-state index is 0.0154.